The van der Waals surface area contributed by atoms with E-state index in [-0.39, 0.29) is 33.3 Å². The normalized spacial score (nSPS) is 23.2. The lowest BCUT2D eigenvalue weighted by Crippen LogP contribution is -2.50. The molecular formula is C46H61N5O10Si2. The van der Waals surface area contributed by atoms with Gasteiger partial charge in [0.2, 0.25) is 5.95 Å². The molecule has 2 aliphatic rings. The standard InChI is InChI=1S/C46H61N5O10Si2/c1-25(52)57-39-31-21-20-29-19-18-28-16-14-15-17-30(28)35(29)36(31)37(40(58-26(2)53)41(39)59-27(3)54)48-44-49-42-38(43(55)50-44)47-24-51(42)34-22-32(61-63(12,13)46(7,8)9)33(60-34)23-56-62(10,11)45(4,5)6/h14-21,24,32-34,37,39-41H,22-23H2,1-13H3,(H2,48,49,50,55)/t32-,33+,34+,37-,39+,40?,41-/m0/s1. The first kappa shape index (κ1) is 46.1. The van der Waals surface area contributed by atoms with Crippen molar-refractivity contribution in [2.45, 2.75) is 148 Å². The molecule has 17 heteroatoms. The molecule has 3 heterocycles. The third-order valence-corrected chi connectivity index (χ3v) is 22.3. The molecule has 0 radical (unpaired) electrons. The fraction of sp³-hybridized carbons (Fsp3) is 0.522. The average Bonchev–Trinajstić information content (AvgIpc) is 3.78. The highest BCUT2D eigenvalue weighted by molar-refractivity contribution is 6.74. The Morgan fingerprint density at radius 3 is 2.11 bits per heavy atom. The Labute approximate surface area is 369 Å². The van der Waals surface area contributed by atoms with Gasteiger partial charge in [0, 0.05) is 32.8 Å². The fourth-order valence-electron chi connectivity index (χ4n) is 8.10. The first-order valence-corrected chi connectivity index (χ1v) is 27.3. The summed E-state index contributed by atoms with van der Waals surface area (Å²) in [6.07, 6.45) is -2.99. The summed E-state index contributed by atoms with van der Waals surface area (Å²) in [5.41, 5.74) is 0.949. The number of ether oxygens (including phenoxy) is 4. The summed E-state index contributed by atoms with van der Waals surface area (Å²) in [7, 11) is -4.43. The second kappa shape index (κ2) is 16.9. The number of benzene rings is 3. The summed E-state index contributed by atoms with van der Waals surface area (Å²) >= 11 is 0. The highest BCUT2D eigenvalue weighted by atomic mass is 28.4. The van der Waals surface area contributed by atoms with Crippen LogP contribution >= 0.6 is 0 Å². The second-order valence-corrected chi connectivity index (χ2v) is 29.4. The minimum Gasteiger partial charge on any atom is -0.456 e. The number of hydrogen-bond acceptors (Lipinski definition) is 13. The van der Waals surface area contributed by atoms with E-state index in [4.69, 9.17) is 32.8 Å². The molecule has 0 bridgehead atoms. The Bertz CT molecular complexity index is 2630. The van der Waals surface area contributed by atoms with E-state index < -0.39 is 76.8 Å². The smallest absolute Gasteiger partial charge is 0.303 e. The van der Waals surface area contributed by atoms with E-state index in [0.717, 1.165) is 21.5 Å². The summed E-state index contributed by atoms with van der Waals surface area (Å²) in [6.45, 7) is 26.2. The van der Waals surface area contributed by atoms with Crippen LogP contribution in [-0.4, -0.2) is 85.1 Å². The van der Waals surface area contributed by atoms with Crippen molar-refractivity contribution in [2.75, 3.05) is 11.9 Å². The zero-order valence-corrected chi connectivity index (χ0v) is 40.6. The predicted octanol–water partition coefficient (Wildman–Crippen LogP) is 8.76. The van der Waals surface area contributed by atoms with Gasteiger partial charge in [0.05, 0.1) is 25.1 Å². The van der Waals surface area contributed by atoms with Gasteiger partial charge >= 0.3 is 17.9 Å². The van der Waals surface area contributed by atoms with Crippen LogP contribution in [0.4, 0.5) is 5.95 Å². The van der Waals surface area contributed by atoms with Crippen LogP contribution in [0.1, 0.15) is 98.2 Å². The van der Waals surface area contributed by atoms with Gasteiger partial charge in [-0.15, -0.1) is 0 Å². The highest BCUT2D eigenvalue weighted by Gasteiger charge is 2.51. The van der Waals surface area contributed by atoms with Crippen molar-refractivity contribution in [1.29, 1.82) is 0 Å². The van der Waals surface area contributed by atoms with Crippen molar-refractivity contribution in [2.24, 2.45) is 0 Å². The summed E-state index contributed by atoms with van der Waals surface area (Å²) in [4.78, 5) is 64.7. The fourth-order valence-corrected chi connectivity index (χ4v) is 10.5. The van der Waals surface area contributed by atoms with Gasteiger partial charge in [-0.25, -0.2) is 4.98 Å². The Balaban J connectivity index is 1.35. The van der Waals surface area contributed by atoms with Crippen molar-refractivity contribution >= 4 is 73.2 Å². The van der Waals surface area contributed by atoms with Crippen molar-refractivity contribution in [3.05, 3.63) is 76.3 Å². The van der Waals surface area contributed by atoms with Crippen molar-refractivity contribution in [1.82, 2.24) is 19.5 Å². The number of nitrogens with one attached hydrogen (secondary N) is 2. The van der Waals surface area contributed by atoms with Crippen molar-refractivity contribution in [3.63, 3.8) is 0 Å². The van der Waals surface area contributed by atoms with Crippen LogP contribution in [0.15, 0.2) is 59.7 Å². The van der Waals surface area contributed by atoms with Gasteiger partial charge in [-0.2, -0.15) is 4.98 Å². The number of aromatic amines is 1. The Kier molecular flexibility index (Phi) is 12.3. The van der Waals surface area contributed by atoms with Crippen molar-refractivity contribution < 1.29 is 42.2 Å². The maximum Gasteiger partial charge on any atom is 0.303 e. The Hall–Kier alpha value is -4.95. The molecule has 7 atom stereocenters. The molecule has 1 aliphatic heterocycles. The molecular weight excluding hydrogens is 839 g/mol. The number of imidazole rings is 1. The number of esters is 3. The molecule has 63 heavy (non-hydrogen) atoms. The predicted molar refractivity (Wildman–Crippen MR) is 245 cm³/mol. The van der Waals surface area contributed by atoms with E-state index in [9.17, 15) is 19.2 Å². The van der Waals surface area contributed by atoms with Crippen LogP contribution in [0.5, 0.6) is 0 Å². The molecule has 15 nitrogen and oxygen atoms in total. The summed E-state index contributed by atoms with van der Waals surface area (Å²) in [5, 5.41) is 6.77. The quantitative estimate of drug-likeness (QED) is 0.0556. The number of nitrogens with zero attached hydrogens (tertiary/aromatic N) is 3. The summed E-state index contributed by atoms with van der Waals surface area (Å²) in [5.74, 6) is -1.95. The molecule has 5 aromatic rings. The first-order chi connectivity index (χ1) is 29.4. The molecule has 2 N–H and O–H groups in total. The molecule has 1 unspecified atom stereocenters. The van der Waals surface area contributed by atoms with E-state index in [1.807, 2.05) is 48.5 Å². The zero-order valence-electron chi connectivity index (χ0n) is 38.6. The van der Waals surface area contributed by atoms with Crippen LogP contribution < -0.4 is 10.9 Å². The maximum atomic E-state index is 14.0. The van der Waals surface area contributed by atoms with E-state index in [1.165, 1.54) is 20.8 Å². The highest BCUT2D eigenvalue weighted by Crippen LogP contribution is 2.48. The van der Waals surface area contributed by atoms with E-state index in [2.05, 4.69) is 83.0 Å². The number of aromatic nitrogens is 4. The van der Waals surface area contributed by atoms with Gasteiger partial charge in [-0.3, -0.25) is 28.7 Å². The maximum absolute atomic E-state index is 14.0. The third-order valence-electron chi connectivity index (χ3n) is 13.3. The number of rotatable bonds is 11. The summed E-state index contributed by atoms with van der Waals surface area (Å²) in [6, 6.07) is 14.5. The summed E-state index contributed by atoms with van der Waals surface area (Å²) < 4.78 is 40.1. The number of carbonyl (C=O) groups excluding carboxylic acids is 3. The van der Waals surface area contributed by atoms with Gasteiger partial charge in [0.1, 0.15) is 12.3 Å². The number of hydrogen-bond donors (Lipinski definition) is 2. The molecule has 3 aromatic carbocycles. The molecule has 7 rings (SSSR count). The minimum absolute atomic E-state index is 0.0119. The molecule has 2 aromatic heterocycles. The largest absolute Gasteiger partial charge is 0.456 e. The van der Waals surface area contributed by atoms with E-state index in [1.54, 1.807) is 10.9 Å². The Morgan fingerprint density at radius 2 is 1.46 bits per heavy atom. The average molecular weight is 900 g/mol. The minimum atomic E-state index is -2.27. The second-order valence-electron chi connectivity index (χ2n) is 19.8. The van der Waals surface area contributed by atoms with E-state index >= 15 is 0 Å². The number of H-pyrrole nitrogens is 1. The molecule has 1 saturated heterocycles. The topological polar surface area (TPSA) is 182 Å². The van der Waals surface area contributed by atoms with Crippen LogP contribution in [0, 0.1) is 0 Å². The monoisotopic (exact) mass is 899 g/mol. The lowest BCUT2D eigenvalue weighted by Gasteiger charge is -2.42. The zero-order chi connectivity index (χ0) is 46.0. The molecule has 0 spiro atoms. The van der Waals surface area contributed by atoms with Crippen LogP contribution in [0.25, 0.3) is 32.7 Å². The molecule has 0 saturated carbocycles. The number of carbonyl (C=O) groups is 3. The molecule has 0 amide bonds. The van der Waals surface area contributed by atoms with Crippen LogP contribution in [0.2, 0.25) is 36.3 Å². The number of anilines is 1. The van der Waals surface area contributed by atoms with E-state index in [0.29, 0.717) is 24.2 Å². The van der Waals surface area contributed by atoms with Gasteiger partial charge in [0.25, 0.3) is 5.56 Å². The van der Waals surface area contributed by atoms with Gasteiger partial charge < -0.3 is 33.1 Å². The third kappa shape index (κ3) is 9.07. The van der Waals surface area contributed by atoms with Crippen LogP contribution in [-0.2, 0) is 42.2 Å². The van der Waals surface area contributed by atoms with Gasteiger partial charge in [0.15, 0.2) is 46.1 Å². The lowest BCUT2D eigenvalue weighted by atomic mass is 9.77. The molecule has 1 aliphatic carbocycles. The Morgan fingerprint density at radius 1 is 0.841 bits per heavy atom. The SMILES string of the molecule is CC(=O)OC1[C@@H](OC(C)=O)[C@H](OC(C)=O)c2ccc3ccc4ccccc4c3c2[C@@H]1Nc1nc2c(ncn2[C@H]2C[C@H](O[Si](C)(C)C(C)(C)C)[C@@H](CO[Si](C)(C)C(C)(C)C)O2)c(=O)[nH]1. The lowest BCUT2D eigenvalue weighted by molar-refractivity contribution is -0.187. The van der Waals surface area contributed by atoms with Gasteiger partial charge in [-0.1, -0.05) is 90.1 Å². The van der Waals surface area contributed by atoms with Crippen LogP contribution in [0.3, 0.4) is 0 Å². The first-order valence-electron chi connectivity index (χ1n) is 21.5. The molecule has 338 valence electrons. The molecule has 1 fully saturated rings. The van der Waals surface area contributed by atoms with Crippen molar-refractivity contribution in [3.8, 4) is 0 Å². The number of fused-ring (bicyclic) bond motifs is 6. The van der Waals surface area contributed by atoms with Gasteiger partial charge in [-0.05, 0) is 63.4 Å².